The molecule has 0 aliphatic rings. The number of aliphatic hydroxyl groups is 3. The molecule has 4 atom stereocenters. The van der Waals surface area contributed by atoms with Gasteiger partial charge in [-0.15, -0.1) is 6.58 Å². The third-order valence-corrected chi connectivity index (χ3v) is 5.09. The Balaban J connectivity index is 1.98. The molecule has 0 spiro atoms. The summed E-state index contributed by atoms with van der Waals surface area (Å²) in [5, 5.41) is 31.0. The van der Waals surface area contributed by atoms with Gasteiger partial charge >= 0.3 is 0 Å². The quantitative estimate of drug-likeness (QED) is 0.373. The van der Waals surface area contributed by atoms with Crippen molar-refractivity contribution in [2.75, 3.05) is 13.2 Å². The van der Waals surface area contributed by atoms with Crippen LogP contribution in [0.15, 0.2) is 73.6 Å². The molecule has 0 radical (unpaired) electrons. The van der Waals surface area contributed by atoms with Crippen molar-refractivity contribution in [1.29, 1.82) is 0 Å². The molecular weight excluding hydrogens is 394 g/mol. The van der Waals surface area contributed by atoms with E-state index >= 15 is 0 Å². The molecule has 0 aliphatic carbocycles. The lowest BCUT2D eigenvalue weighted by Gasteiger charge is -2.25. The van der Waals surface area contributed by atoms with Crippen LogP contribution in [0.4, 0.5) is 0 Å². The number of imidazole rings is 1. The van der Waals surface area contributed by atoms with E-state index in [0.717, 1.165) is 11.1 Å². The first-order chi connectivity index (χ1) is 15.0. The summed E-state index contributed by atoms with van der Waals surface area (Å²) < 4.78 is 7.58. The lowest BCUT2D eigenvalue weighted by atomic mass is 9.97. The number of benzene rings is 2. The van der Waals surface area contributed by atoms with Gasteiger partial charge in [0.1, 0.15) is 36.5 Å². The summed E-state index contributed by atoms with van der Waals surface area (Å²) in [6.07, 6.45) is 2.34. The molecule has 0 saturated heterocycles. The van der Waals surface area contributed by atoms with Gasteiger partial charge in [-0.05, 0) is 24.1 Å². The third kappa shape index (κ3) is 5.21. The van der Waals surface area contributed by atoms with Crippen molar-refractivity contribution in [3.8, 4) is 16.9 Å². The van der Waals surface area contributed by atoms with Gasteiger partial charge in [0.2, 0.25) is 0 Å². The SMILES string of the molecule is C=CC(C(O)c1ccc(-c2ccccc2)c(OCC(O)CN)c1)n1ccnc1[C@H](C)O. The number of hydrogen-bond donors (Lipinski definition) is 4. The van der Waals surface area contributed by atoms with Crippen LogP contribution in [0.25, 0.3) is 11.1 Å². The van der Waals surface area contributed by atoms with Crippen LogP contribution in [-0.2, 0) is 0 Å². The molecule has 5 N–H and O–H groups in total. The molecule has 0 amide bonds. The van der Waals surface area contributed by atoms with Crippen molar-refractivity contribution in [3.05, 3.63) is 85.0 Å². The maximum atomic E-state index is 11.1. The average molecular weight is 424 g/mol. The zero-order valence-corrected chi connectivity index (χ0v) is 17.5. The first-order valence-corrected chi connectivity index (χ1v) is 10.2. The number of hydrogen-bond acceptors (Lipinski definition) is 6. The van der Waals surface area contributed by atoms with Crippen LogP contribution >= 0.6 is 0 Å². The number of nitrogens with two attached hydrogens (primary N) is 1. The molecular formula is C24H29N3O4. The molecule has 0 aliphatic heterocycles. The monoisotopic (exact) mass is 423 g/mol. The Bertz CT molecular complexity index is 987. The van der Waals surface area contributed by atoms with Crippen molar-refractivity contribution < 1.29 is 20.1 Å². The third-order valence-electron chi connectivity index (χ3n) is 5.09. The Morgan fingerprint density at radius 2 is 1.90 bits per heavy atom. The van der Waals surface area contributed by atoms with Crippen LogP contribution in [0, 0.1) is 0 Å². The fraction of sp³-hybridized carbons (Fsp3) is 0.292. The summed E-state index contributed by atoms with van der Waals surface area (Å²) in [6.45, 7) is 5.60. The van der Waals surface area contributed by atoms with E-state index in [1.807, 2.05) is 42.5 Å². The minimum absolute atomic E-state index is 0.0362. The molecule has 0 fully saturated rings. The molecule has 1 heterocycles. The number of ether oxygens (including phenoxy) is 1. The highest BCUT2D eigenvalue weighted by atomic mass is 16.5. The van der Waals surface area contributed by atoms with Crippen LogP contribution in [-0.4, -0.2) is 44.1 Å². The average Bonchev–Trinajstić information content (AvgIpc) is 3.28. The molecule has 7 nitrogen and oxygen atoms in total. The van der Waals surface area contributed by atoms with E-state index in [1.54, 1.807) is 36.0 Å². The fourth-order valence-corrected chi connectivity index (χ4v) is 3.44. The molecule has 0 bridgehead atoms. The lowest BCUT2D eigenvalue weighted by molar-refractivity contribution is 0.112. The van der Waals surface area contributed by atoms with Gasteiger partial charge in [-0.3, -0.25) is 0 Å². The summed E-state index contributed by atoms with van der Waals surface area (Å²) in [4.78, 5) is 4.18. The Morgan fingerprint density at radius 1 is 1.16 bits per heavy atom. The zero-order chi connectivity index (χ0) is 22.4. The van der Waals surface area contributed by atoms with Gasteiger partial charge in [-0.1, -0.05) is 48.5 Å². The van der Waals surface area contributed by atoms with Crippen molar-refractivity contribution in [2.24, 2.45) is 5.73 Å². The molecule has 31 heavy (non-hydrogen) atoms. The van der Waals surface area contributed by atoms with E-state index in [2.05, 4.69) is 11.6 Å². The fourth-order valence-electron chi connectivity index (χ4n) is 3.44. The predicted octanol–water partition coefficient (Wildman–Crippen LogP) is 2.76. The zero-order valence-electron chi connectivity index (χ0n) is 17.5. The molecule has 2 aromatic carbocycles. The highest BCUT2D eigenvalue weighted by Gasteiger charge is 2.24. The molecule has 7 heteroatoms. The van der Waals surface area contributed by atoms with Gasteiger partial charge in [0.25, 0.3) is 0 Å². The van der Waals surface area contributed by atoms with E-state index in [-0.39, 0.29) is 13.2 Å². The second kappa shape index (κ2) is 10.4. The normalized spacial score (nSPS) is 15.1. The second-order valence-electron chi connectivity index (χ2n) is 7.36. The van der Waals surface area contributed by atoms with Crippen LogP contribution < -0.4 is 10.5 Å². The highest BCUT2D eigenvalue weighted by molar-refractivity contribution is 5.71. The summed E-state index contributed by atoms with van der Waals surface area (Å²) in [5.74, 6) is 0.965. The largest absolute Gasteiger partial charge is 0.490 e. The maximum absolute atomic E-state index is 11.1. The Kier molecular flexibility index (Phi) is 7.59. The topological polar surface area (TPSA) is 114 Å². The Labute approximate surface area is 182 Å². The van der Waals surface area contributed by atoms with Gasteiger partial charge in [-0.25, -0.2) is 4.98 Å². The van der Waals surface area contributed by atoms with Crippen molar-refractivity contribution >= 4 is 0 Å². The number of rotatable bonds is 10. The molecule has 3 rings (SSSR count). The smallest absolute Gasteiger partial charge is 0.137 e. The number of nitrogens with zero attached hydrogens (tertiary/aromatic N) is 2. The van der Waals surface area contributed by atoms with E-state index in [9.17, 15) is 15.3 Å². The van der Waals surface area contributed by atoms with Gasteiger partial charge in [-0.2, -0.15) is 0 Å². The van der Waals surface area contributed by atoms with Crippen LogP contribution in [0.3, 0.4) is 0 Å². The molecule has 3 unspecified atom stereocenters. The first kappa shape index (κ1) is 22.7. The first-order valence-electron chi connectivity index (χ1n) is 10.2. The van der Waals surface area contributed by atoms with E-state index in [0.29, 0.717) is 17.1 Å². The molecule has 3 aromatic rings. The van der Waals surface area contributed by atoms with Crippen LogP contribution in [0.2, 0.25) is 0 Å². The van der Waals surface area contributed by atoms with Gasteiger partial charge < -0.3 is 30.4 Å². The van der Waals surface area contributed by atoms with E-state index < -0.39 is 24.4 Å². The maximum Gasteiger partial charge on any atom is 0.137 e. The van der Waals surface area contributed by atoms with Crippen molar-refractivity contribution in [3.63, 3.8) is 0 Å². The molecule has 164 valence electrons. The van der Waals surface area contributed by atoms with Gasteiger partial charge in [0.15, 0.2) is 0 Å². The van der Waals surface area contributed by atoms with Crippen molar-refractivity contribution in [2.45, 2.75) is 31.3 Å². The van der Waals surface area contributed by atoms with E-state index in [4.69, 9.17) is 10.5 Å². The van der Waals surface area contributed by atoms with Gasteiger partial charge in [0, 0.05) is 24.5 Å². The second-order valence-corrected chi connectivity index (χ2v) is 7.36. The van der Waals surface area contributed by atoms with Crippen molar-refractivity contribution in [1.82, 2.24) is 9.55 Å². The summed E-state index contributed by atoms with van der Waals surface area (Å²) in [6, 6.07) is 14.6. The predicted molar refractivity (Wildman–Crippen MR) is 119 cm³/mol. The lowest BCUT2D eigenvalue weighted by Crippen LogP contribution is -2.26. The number of aromatic nitrogens is 2. The minimum Gasteiger partial charge on any atom is -0.490 e. The minimum atomic E-state index is -0.962. The Hall–Kier alpha value is -2.97. The van der Waals surface area contributed by atoms with Crippen LogP contribution in [0.5, 0.6) is 5.75 Å². The summed E-state index contributed by atoms with van der Waals surface area (Å²) in [5.41, 5.74) is 7.89. The molecule has 1 aromatic heterocycles. The summed E-state index contributed by atoms with van der Waals surface area (Å²) >= 11 is 0. The highest BCUT2D eigenvalue weighted by Crippen LogP contribution is 2.36. The molecule has 0 saturated carbocycles. The standard InChI is InChI=1S/C24H29N3O4/c1-3-21(27-12-11-26-24(27)16(2)28)23(30)18-9-10-20(17-7-5-4-6-8-17)22(13-18)31-15-19(29)14-25/h3-13,16,19,21,23,28-30H,1,14-15,25H2,2H3/t16-,19?,21?,23?/m0/s1. The van der Waals surface area contributed by atoms with Gasteiger partial charge in [0.05, 0.1) is 6.04 Å². The van der Waals surface area contributed by atoms with Crippen LogP contribution in [0.1, 0.15) is 36.6 Å². The Morgan fingerprint density at radius 3 is 2.55 bits per heavy atom. The number of aliphatic hydroxyl groups excluding tert-OH is 3. The summed E-state index contributed by atoms with van der Waals surface area (Å²) in [7, 11) is 0. The van der Waals surface area contributed by atoms with E-state index in [1.165, 1.54) is 0 Å².